The van der Waals surface area contributed by atoms with Crippen molar-refractivity contribution in [3.8, 4) is 0 Å². The fourth-order valence-corrected chi connectivity index (χ4v) is 1.19. The molecule has 7 heteroatoms. The van der Waals surface area contributed by atoms with E-state index in [0.717, 1.165) is 0 Å². The number of carboxylic acids is 1. The maximum absolute atomic E-state index is 11.5. The van der Waals surface area contributed by atoms with E-state index < -0.39 is 29.7 Å². The van der Waals surface area contributed by atoms with Crippen LogP contribution in [-0.2, 0) is 19.1 Å². The van der Waals surface area contributed by atoms with Crippen LogP contribution in [0.15, 0.2) is 12.7 Å². The summed E-state index contributed by atoms with van der Waals surface area (Å²) in [6.45, 7) is 8.44. The molecule has 114 valence electrons. The van der Waals surface area contributed by atoms with E-state index in [2.05, 4.69) is 11.9 Å². The number of amides is 1. The van der Waals surface area contributed by atoms with Crippen LogP contribution < -0.4 is 5.32 Å². The van der Waals surface area contributed by atoms with Crippen LogP contribution in [0.25, 0.3) is 0 Å². The van der Waals surface area contributed by atoms with Crippen molar-refractivity contribution in [3.63, 3.8) is 0 Å². The fourth-order valence-electron chi connectivity index (χ4n) is 1.19. The Kier molecular flexibility index (Phi) is 7.35. The Morgan fingerprint density at radius 1 is 1.35 bits per heavy atom. The largest absolute Gasteiger partial charge is 0.480 e. The molecule has 0 aromatic heterocycles. The normalized spacial score (nSPS) is 12.2. The van der Waals surface area contributed by atoms with Crippen LogP contribution in [0.4, 0.5) is 4.79 Å². The Morgan fingerprint density at radius 2 is 1.95 bits per heavy atom. The molecule has 7 nitrogen and oxygen atoms in total. The zero-order valence-corrected chi connectivity index (χ0v) is 12.0. The first kappa shape index (κ1) is 17.9. The van der Waals surface area contributed by atoms with Gasteiger partial charge in [-0.2, -0.15) is 0 Å². The standard InChI is InChI=1S/C13H21NO6/c1-5-8-19-10(15)7-6-9(11(16)17)14-12(18)20-13(2,3)4/h5,9H,1,6-8H2,2-4H3,(H,14,18)(H,16,17)/t9-/m1/s1. The highest BCUT2D eigenvalue weighted by atomic mass is 16.6. The van der Waals surface area contributed by atoms with E-state index in [1.807, 2.05) is 0 Å². The minimum atomic E-state index is -1.24. The van der Waals surface area contributed by atoms with Gasteiger partial charge < -0.3 is 19.9 Å². The van der Waals surface area contributed by atoms with E-state index >= 15 is 0 Å². The lowest BCUT2D eigenvalue weighted by atomic mass is 10.1. The lowest BCUT2D eigenvalue weighted by Gasteiger charge is -2.21. The fraction of sp³-hybridized carbons (Fsp3) is 0.615. The molecule has 0 aliphatic carbocycles. The van der Waals surface area contributed by atoms with E-state index in [4.69, 9.17) is 14.6 Å². The van der Waals surface area contributed by atoms with E-state index in [1.54, 1.807) is 20.8 Å². The number of aliphatic carboxylic acids is 1. The molecule has 1 atom stereocenters. The summed E-state index contributed by atoms with van der Waals surface area (Å²) in [5, 5.41) is 11.2. The Bertz CT molecular complexity index is 372. The molecular formula is C13H21NO6. The second-order valence-corrected chi connectivity index (χ2v) is 5.05. The van der Waals surface area contributed by atoms with Gasteiger partial charge in [0.15, 0.2) is 0 Å². The average Bonchev–Trinajstić information content (AvgIpc) is 2.29. The van der Waals surface area contributed by atoms with Gasteiger partial charge in [0, 0.05) is 6.42 Å². The van der Waals surface area contributed by atoms with Crippen molar-refractivity contribution >= 4 is 18.0 Å². The molecule has 0 aromatic rings. The van der Waals surface area contributed by atoms with Crippen LogP contribution in [0.5, 0.6) is 0 Å². The van der Waals surface area contributed by atoms with Gasteiger partial charge in [-0.3, -0.25) is 4.79 Å². The summed E-state index contributed by atoms with van der Waals surface area (Å²) in [4.78, 5) is 33.7. The highest BCUT2D eigenvalue weighted by Crippen LogP contribution is 2.08. The molecule has 0 saturated heterocycles. The summed E-state index contributed by atoms with van der Waals surface area (Å²) < 4.78 is 9.66. The van der Waals surface area contributed by atoms with Gasteiger partial charge in [-0.25, -0.2) is 9.59 Å². The van der Waals surface area contributed by atoms with Gasteiger partial charge in [0.1, 0.15) is 18.2 Å². The minimum absolute atomic E-state index is 0.0655. The molecule has 0 aromatic carbocycles. The molecule has 0 aliphatic rings. The Morgan fingerprint density at radius 3 is 2.40 bits per heavy atom. The van der Waals surface area contributed by atoms with Crippen LogP contribution in [0.1, 0.15) is 33.6 Å². The van der Waals surface area contributed by atoms with Gasteiger partial charge in [0.05, 0.1) is 0 Å². The third-order valence-corrected chi connectivity index (χ3v) is 1.99. The minimum Gasteiger partial charge on any atom is -0.480 e. The van der Waals surface area contributed by atoms with Crippen LogP contribution in [0.3, 0.4) is 0 Å². The van der Waals surface area contributed by atoms with Gasteiger partial charge in [-0.1, -0.05) is 12.7 Å². The van der Waals surface area contributed by atoms with E-state index in [-0.39, 0.29) is 19.4 Å². The number of carbonyl (C=O) groups is 3. The molecule has 0 radical (unpaired) electrons. The third kappa shape index (κ3) is 8.96. The van der Waals surface area contributed by atoms with Crippen molar-refractivity contribution in [1.82, 2.24) is 5.32 Å². The summed E-state index contributed by atoms with van der Waals surface area (Å²) in [6, 6.07) is -1.21. The Balaban J connectivity index is 4.30. The highest BCUT2D eigenvalue weighted by molar-refractivity contribution is 5.80. The lowest BCUT2D eigenvalue weighted by Crippen LogP contribution is -2.43. The zero-order chi connectivity index (χ0) is 15.8. The number of hydrogen-bond donors (Lipinski definition) is 2. The molecule has 1 amide bonds. The van der Waals surface area contributed by atoms with Crippen LogP contribution in [-0.4, -0.2) is 41.4 Å². The number of ether oxygens (including phenoxy) is 2. The SMILES string of the molecule is C=CCOC(=O)CC[C@@H](NC(=O)OC(C)(C)C)C(=O)O. The van der Waals surface area contributed by atoms with Crippen molar-refractivity contribution < 1.29 is 29.0 Å². The smallest absolute Gasteiger partial charge is 0.408 e. The van der Waals surface area contributed by atoms with Crippen molar-refractivity contribution in [2.24, 2.45) is 0 Å². The number of esters is 1. The average molecular weight is 287 g/mol. The number of carbonyl (C=O) groups excluding carboxylic acids is 2. The van der Waals surface area contributed by atoms with Crippen molar-refractivity contribution in [2.45, 2.75) is 45.3 Å². The summed E-state index contributed by atoms with van der Waals surface area (Å²) >= 11 is 0. The van der Waals surface area contributed by atoms with Gasteiger partial charge in [0.2, 0.25) is 0 Å². The van der Waals surface area contributed by atoms with Gasteiger partial charge >= 0.3 is 18.0 Å². The number of rotatable bonds is 7. The summed E-state index contributed by atoms with van der Waals surface area (Å²) in [5.41, 5.74) is -0.726. The zero-order valence-electron chi connectivity index (χ0n) is 12.0. The summed E-state index contributed by atoms with van der Waals surface area (Å²) in [6.07, 6.45) is 0.362. The number of carboxylic acid groups (broad SMARTS) is 1. The quantitative estimate of drug-likeness (QED) is 0.543. The topological polar surface area (TPSA) is 102 Å². The van der Waals surface area contributed by atoms with Crippen molar-refractivity contribution in [1.29, 1.82) is 0 Å². The first-order valence-corrected chi connectivity index (χ1v) is 6.14. The number of alkyl carbamates (subject to hydrolysis) is 1. The lowest BCUT2D eigenvalue weighted by molar-refractivity contribution is -0.143. The molecule has 0 fully saturated rings. The predicted octanol–water partition coefficient (Wildman–Crippen LogP) is 1.47. The monoisotopic (exact) mass is 287 g/mol. The predicted molar refractivity (Wildman–Crippen MR) is 71.2 cm³/mol. The molecule has 0 spiro atoms. The van der Waals surface area contributed by atoms with E-state index in [0.29, 0.717) is 0 Å². The molecule has 0 heterocycles. The molecule has 0 unspecified atom stereocenters. The molecule has 0 rings (SSSR count). The van der Waals surface area contributed by atoms with Crippen LogP contribution >= 0.6 is 0 Å². The molecule has 20 heavy (non-hydrogen) atoms. The number of hydrogen-bond acceptors (Lipinski definition) is 5. The molecule has 0 saturated carbocycles. The maximum atomic E-state index is 11.5. The maximum Gasteiger partial charge on any atom is 0.408 e. The van der Waals surface area contributed by atoms with Crippen LogP contribution in [0, 0.1) is 0 Å². The second-order valence-electron chi connectivity index (χ2n) is 5.05. The third-order valence-electron chi connectivity index (χ3n) is 1.99. The van der Waals surface area contributed by atoms with E-state index in [9.17, 15) is 14.4 Å². The second kappa shape index (κ2) is 8.19. The summed E-state index contributed by atoms with van der Waals surface area (Å²) in [7, 11) is 0. The van der Waals surface area contributed by atoms with Crippen molar-refractivity contribution in [3.05, 3.63) is 12.7 Å². The Labute approximate surface area is 117 Å². The first-order valence-electron chi connectivity index (χ1n) is 6.14. The highest BCUT2D eigenvalue weighted by Gasteiger charge is 2.24. The van der Waals surface area contributed by atoms with Crippen LogP contribution in [0.2, 0.25) is 0 Å². The molecule has 2 N–H and O–H groups in total. The molecule has 0 aliphatic heterocycles. The first-order chi connectivity index (χ1) is 9.15. The number of nitrogens with one attached hydrogen (secondary N) is 1. The van der Waals surface area contributed by atoms with Gasteiger partial charge in [0.25, 0.3) is 0 Å². The van der Waals surface area contributed by atoms with E-state index in [1.165, 1.54) is 6.08 Å². The van der Waals surface area contributed by atoms with Crippen molar-refractivity contribution in [2.75, 3.05) is 6.61 Å². The van der Waals surface area contributed by atoms with Gasteiger partial charge in [-0.15, -0.1) is 0 Å². The molecular weight excluding hydrogens is 266 g/mol. The Hall–Kier alpha value is -2.05. The summed E-state index contributed by atoms with van der Waals surface area (Å²) in [5.74, 6) is -1.80. The molecule has 0 bridgehead atoms. The van der Waals surface area contributed by atoms with Gasteiger partial charge in [-0.05, 0) is 27.2 Å².